The Hall–Kier alpha value is -0.0400. The van der Waals surface area contributed by atoms with Crippen LogP contribution in [0.15, 0.2) is 0 Å². The number of hydrogen-bond acceptors (Lipinski definition) is 1. The molecule has 1 nitrogen and oxygen atoms in total. The second kappa shape index (κ2) is 3.02. The molecule has 2 aliphatic rings. The van der Waals surface area contributed by atoms with Crippen LogP contribution in [0.2, 0.25) is 0 Å². The molecule has 2 unspecified atom stereocenters. The van der Waals surface area contributed by atoms with Crippen molar-refractivity contribution in [2.45, 2.75) is 39.5 Å². The maximum atomic E-state index is 3.46. The van der Waals surface area contributed by atoms with Gasteiger partial charge in [-0.3, -0.25) is 0 Å². The second-order valence-electron chi connectivity index (χ2n) is 4.77. The summed E-state index contributed by atoms with van der Waals surface area (Å²) < 4.78 is 0. The third kappa shape index (κ3) is 1.10. The van der Waals surface area contributed by atoms with Crippen LogP contribution in [0.3, 0.4) is 0 Å². The summed E-state index contributed by atoms with van der Waals surface area (Å²) in [6.45, 7) is 7.35. The fourth-order valence-electron chi connectivity index (χ4n) is 3.31. The van der Waals surface area contributed by atoms with Crippen LogP contribution in [-0.4, -0.2) is 13.1 Å². The van der Waals surface area contributed by atoms with Gasteiger partial charge in [0.1, 0.15) is 0 Å². The van der Waals surface area contributed by atoms with Crippen LogP contribution in [0.25, 0.3) is 0 Å². The summed E-state index contributed by atoms with van der Waals surface area (Å²) in [5.41, 5.74) is 0.770. The molecule has 1 saturated heterocycles. The van der Waals surface area contributed by atoms with Crippen molar-refractivity contribution in [3.05, 3.63) is 0 Å². The van der Waals surface area contributed by atoms with E-state index in [0.717, 1.165) is 17.3 Å². The maximum Gasteiger partial charge on any atom is -0.00435 e. The third-order valence-corrected chi connectivity index (χ3v) is 4.47. The Morgan fingerprint density at radius 3 is 2.50 bits per heavy atom. The minimum absolute atomic E-state index is 0.770. The van der Waals surface area contributed by atoms with Gasteiger partial charge in [0.2, 0.25) is 0 Å². The van der Waals surface area contributed by atoms with E-state index in [0.29, 0.717) is 0 Å². The molecule has 2 rings (SSSR count). The molecule has 2 fully saturated rings. The Bertz CT molecular complexity index is 158. The first-order valence-corrected chi connectivity index (χ1v) is 5.49. The lowest BCUT2D eigenvalue weighted by Crippen LogP contribution is -2.51. The smallest absolute Gasteiger partial charge is 0.00435 e. The van der Waals surface area contributed by atoms with Gasteiger partial charge < -0.3 is 5.32 Å². The van der Waals surface area contributed by atoms with Crippen molar-refractivity contribution < 1.29 is 0 Å². The van der Waals surface area contributed by atoms with Gasteiger partial charge in [-0.05, 0) is 49.6 Å². The summed E-state index contributed by atoms with van der Waals surface area (Å²) in [4.78, 5) is 0. The van der Waals surface area contributed by atoms with Crippen LogP contribution in [0.4, 0.5) is 0 Å². The minimum atomic E-state index is 0.770. The normalized spacial score (nSPS) is 39.5. The zero-order chi connectivity index (χ0) is 8.60. The number of rotatable bonds is 1. The Morgan fingerprint density at radius 1 is 1.33 bits per heavy atom. The molecule has 0 aromatic rings. The largest absolute Gasteiger partial charge is 0.317 e. The number of hydrogen-bond donors (Lipinski definition) is 1. The summed E-state index contributed by atoms with van der Waals surface area (Å²) in [5.74, 6) is 2.05. The Labute approximate surface area is 75.9 Å². The predicted molar refractivity (Wildman–Crippen MR) is 52.1 cm³/mol. The highest BCUT2D eigenvalue weighted by Crippen LogP contribution is 2.57. The summed E-state index contributed by atoms with van der Waals surface area (Å²) in [6.07, 6.45) is 5.79. The first-order valence-electron chi connectivity index (χ1n) is 5.49. The van der Waals surface area contributed by atoms with Crippen LogP contribution in [0, 0.1) is 17.3 Å². The fourth-order valence-corrected chi connectivity index (χ4v) is 3.31. The van der Waals surface area contributed by atoms with Crippen LogP contribution in [0.1, 0.15) is 39.5 Å². The van der Waals surface area contributed by atoms with E-state index in [1.54, 1.807) is 0 Å². The van der Waals surface area contributed by atoms with Gasteiger partial charge in [0.15, 0.2) is 0 Å². The first kappa shape index (κ1) is 8.55. The molecular weight excluding hydrogens is 146 g/mol. The van der Waals surface area contributed by atoms with E-state index in [1.165, 1.54) is 38.8 Å². The number of piperidine rings is 1. The molecule has 0 aromatic heterocycles. The molecule has 2 atom stereocenters. The van der Waals surface area contributed by atoms with Gasteiger partial charge in [0.25, 0.3) is 0 Å². The van der Waals surface area contributed by atoms with Crippen molar-refractivity contribution in [3.8, 4) is 0 Å². The van der Waals surface area contributed by atoms with Gasteiger partial charge in [0.05, 0.1) is 0 Å². The van der Waals surface area contributed by atoms with Crippen LogP contribution < -0.4 is 5.32 Å². The summed E-state index contributed by atoms with van der Waals surface area (Å²) in [7, 11) is 0. The molecule has 1 saturated carbocycles. The second-order valence-corrected chi connectivity index (χ2v) is 4.77. The molecule has 1 spiro atoms. The van der Waals surface area contributed by atoms with E-state index in [4.69, 9.17) is 0 Å². The molecule has 1 N–H and O–H groups in total. The molecule has 12 heavy (non-hydrogen) atoms. The zero-order valence-electron chi connectivity index (χ0n) is 8.40. The summed E-state index contributed by atoms with van der Waals surface area (Å²) in [6, 6.07) is 0. The Balaban J connectivity index is 1.96. The van der Waals surface area contributed by atoms with E-state index < -0.39 is 0 Å². The standard InChI is InChI=1S/C11H21N/c1-3-10-8-11(9(10)2)4-6-12-7-5-11/h9-10,12H,3-8H2,1-2H3. The van der Waals surface area contributed by atoms with Crippen molar-refractivity contribution in [2.75, 3.05) is 13.1 Å². The van der Waals surface area contributed by atoms with Crippen molar-refractivity contribution in [2.24, 2.45) is 17.3 Å². The van der Waals surface area contributed by atoms with Crippen molar-refractivity contribution in [1.82, 2.24) is 5.32 Å². The molecular formula is C11H21N. The molecule has 0 radical (unpaired) electrons. The van der Waals surface area contributed by atoms with Crippen molar-refractivity contribution in [1.29, 1.82) is 0 Å². The van der Waals surface area contributed by atoms with Gasteiger partial charge >= 0.3 is 0 Å². The Kier molecular flexibility index (Phi) is 2.16. The lowest BCUT2D eigenvalue weighted by molar-refractivity contribution is -0.0569. The lowest BCUT2D eigenvalue weighted by atomic mass is 9.50. The molecule has 1 heteroatoms. The van der Waals surface area contributed by atoms with Crippen molar-refractivity contribution in [3.63, 3.8) is 0 Å². The summed E-state index contributed by atoms with van der Waals surface area (Å²) >= 11 is 0. The van der Waals surface area contributed by atoms with E-state index in [9.17, 15) is 0 Å². The molecule has 0 bridgehead atoms. The topological polar surface area (TPSA) is 12.0 Å². The first-order chi connectivity index (χ1) is 5.78. The third-order valence-electron chi connectivity index (χ3n) is 4.47. The highest BCUT2D eigenvalue weighted by Gasteiger charge is 2.49. The maximum absolute atomic E-state index is 3.46. The minimum Gasteiger partial charge on any atom is -0.317 e. The van der Waals surface area contributed by atoms with E-state index in [1.807, 2.05) is 0 Å². The molecule has 0 aromatic carbocycles. The van der Waals surface area contributed by atoms with Gasteiger partial charge in [-0.15, -0.1) is 0 Å². The lowest BCUT2D eigenvalue weighted by Gasteiger charge is -2.56. The number of nitrogens with one attached hydrogen (secondary N) is 1. The molecule has 70 valence electrons. The van der Waals surface area contributed by atoms with E-state index >= 15 is 0 Å². The van der Waals surface area contributed by atoms with Crippen molar-refractivity contribution >= 4 is 0 Å². The molecule has 1 aliphatic carbocycles. The predicted octanol–water partition coefficient (Wildman–Crippen LogP) is 2.42. The van der Waals surface area contributed by atoms with Gasteiger partial charge in [0, 0.05) is 0 Å². The molecule has 1 heterocycles. The van der Waals surface area contributed by atoms with E-state index in [2.05, 4.69) is 19.2 Å². The SMILES string of the molecule is CCC1CC2(CCNCC2)C1C. The van der Waals surface area contributed by atoms with Crippen LogP contribution in [0.5, 0.6) is 0 Å². The molecule has 1 aliphatic heterocycles. The average Bonchev–Trinajstić information content (AvgIpc) is 2.15. The zero-order valence-corrected chi connectivity index (χ0v) is 8.40. The monoisotopic (exact) mass is 167 g/mol. The highest BCUT2D eigenvalue weighted by atomic mass is 14.9. The Morgan fingerprint density at radius 2 is 2.00 bits per heavy atom. The van der Waals surface area contributed by atoms with Crippen LogP contribution >= 0.6 is 0 Å². The van der Waals surface area contributed by atoms with Gasteiger partial charge in [-0.1, -0.05) is 20.3 Å². The highest BCUT2D eigenvalue weighted by molar-refractivity contribution is 5.00. The van der Waals surface area contributed by atoms with E-state index in [-0.39, 0.29) is 0 Å². The van der Waals surface area contributed by atoms with Gasteiger partial charge in [-0.25, -0.2) is 0 Å². The van der Waals surface area contributed by atoms with Crippen LogP contribution in [-0.2, 0) is 0 Å². The fraction of sp³-hybridized carbons (Fsp3) is 1.00. The quantitative estimate of drug-likeness (QED) is 0.632. The molecule has 0 amide bonds. The summed E-state index contributed by atoms with van der Waals surface area (Å²) in [5, 5.41) is 3.46. The average molecular weight is 167 g/mol. The van der Waals surface area contributed by atoms with Gasteiger partial charge in [-0.2, -0.15) is 0 Å².